The third-order valence-corrected chi connectivity index (χ3v) is 4.01. The molecule has 2 heterocycles. The van der Waals surface area contributed by atoms with E-state index in [-0.39, 0.29) is 0 Å². The van der Waals surface area contributed by atoms with Gasteiger partial charge in [0.25, 0.3) is 0 Å². The molecule has 1 aromatic heterocycles. The summed E-state index contributed by atoms with van der Waals surface area (Å²) in [5, 5.41) is 3.36. The van der Waals surface area contributed by atoms with Crippen molar-refractivity contribution in [3.05, 3.63) is 16.1 Å². The molecule has 1 aromatic rings. The van der Waals surface area contributed by atoms with Crippen LogP contribution < -0.4 is 0 Å². The average Bonchev–Trinajstić information content (AvgIpc) is 2.67. The van der Waals surface area contributed by atoms with E-state index >= 15 is 0 Å². The summed E-state index contributed by atoms with van der Waals surface area (Å²) in [6, 6.07) is 0. The van der Waals surface area contributed by atoms with Crippen molar-refractivity contribution in [1.29, 1.82) is 0 Å². The fourth-order valence-corrected chi connectivity index (χ4v) is 3.01. The Morgan fingerprint density at radius 3 is 2.56 bits per heavy atom. The highest BCUT2D eigenvalue weighted by Gasteiger charge is 2.16. The second-order valence-electron chi connectivity index (χ2n) is 4.19. The van der Waals surface area contributed by atoms with Gasteiger partial charge >= 0.3 is 0 Å². The Bertz CT molecular complexity index is 321. The first-order chi connectivity index (χ1) is 7.78. The summed E-state index contributed by atoms with van der Waals surface area (Å²) in [5.74, 6) is 0.742. The minimum Gasteiger partial charge on any atom is -0.300 e. The van der Waals surface area contributed by atoms with Gasteiger partial charge in [-0.25, -0.2) is 4.98 Å². The van der Waals surface area contributed by atoms with Crippen molar-refractivity contribution < 1.29 is 0 Å². The molecular weight excluding hydrogens is 242 g/mol. The van der Waals surface area contributed by atoms with E-state index in [0.29, 0.717) is 0 Å². The topological polar surface area (TPSA) is 19.4 Å². The number of hydrogen-bond donors (Lipinski definition) is 0. The zero-order valence-electron chi connectivity index (χ0n) is 9.65. The fourth-order valence-electron chi connectivity index (χ4n) is 1.96. The van der Waals surface area contributed by atoms with Gasteiger partial charge in [0.1, 0.15) is 5.01 Å². The van der Waals surface area contributed by atoms with Crippen LogP contribution in [-0.4, -0.2) is 53.4 Å². The Hall–Kier alpha value is -0.160. The molecule has 16 heavy (non-hydrogen) atoms. The van der Waals surface area contributed by atoms with Crippen LogP contribution in [0.15, 0.2) is 5.38 Å². The predicted octanol–water partition coefficient (Wildman–Crippen LogP) is 1.81. The molecule has 0 radical (unpaired) electrons. The highest BCUT2D eigenvalue weighted by atomic mass is 35.5. The summed E-state index contributed by atoms with van der Waals surface area (Å²) in [5.41, 5.74) is 1.14. The molecule has 0 spiro atoms. The maximum absolute atomic E-state index is 5.74. The SMILES string of the molecule is Cc1csc(CN2CCN(CCCl)CC2)n1. The van der Waals surface area contributed by atoms with E-state index in [4.69, 9.17) is 11.6 Å². The summed E-state index contributed by atoms with van der Waals surface area (Å²) in [6.45, 7) is 8.62. The molecular formula is C11H18ClN3S. The Morgan fingerprint density at radius 2 is 2.00 bits per heavy atom. The number of aryl methyl sites for hydroxylation is 1. The monoisotopic (exact) mass is 259 g/mol. The number of aromatic nitrogens is 1. The lowest BCUT2D eigenvalue weighted by atomic mass is 10.3. The lowest BCUT2D eigenvalue weighted by Gasteiger charge is -2.33. The van der Waals surface area contributed by atoms with E-state index < -0.39 is 0 Å². The van der Waals surface area contributed by atoms with Crippen LogP contribution in [0.5, 0.6) is 0 Å². The Kier molecular flexibility index (Phi) is 4.58. The van der Waals surface area contributed by atoms with Crippen molar-refractivity contribution in [3.63, 3.8) is 0 Å². The Labute approximate surface area is 106 Å². The molecule has 1 aliphatic heterocycles. The highest BCUT2D eigenvalue weighted by molar-refractivity contribution is 7.09. The maximum Gasteiger partial charge on any atom is 0.107 e. The van der Waals surface area contributed by atoms with Crippen LogP contribution in [0.25, 0.3) is 0 Å². The van der Waals surface area contributed by atoms with Crippen molar-refractivity contribution in [2.45, 2.75) is 13.5 Å². The first kappa shape index (κ1) is 12.3. The van der Waals surface area contributed by atoms with Crippen LogP contribution in [0.4, 0.5) is 0 Å². The lowest BCUT2D eigenvalue weighted by Crippen LogP contribution is -2.46. The molecule has 1 aliphatic rings. The molecule has 0 atom stereocenters. The van der Waals surface area contributed by atoms with Gasteiger partial charge in [-0.2, -0.15) is 0 Å². The molecule has 0 unspecified atom stereocenters. The van der Waals surface area contributed by atoms with E-state index in [1.54, 1.807) is 11.3 Å². The van der Waals surface area contributed by atoms with E-state index in [1.807, 2.05) is 0 Å². The molecule has 2 rings (SSSR count). The molecule has 0 N–H and O–H groups in total. The van der Waals surface area contributed by atoms with Crippen LogP contribution in [0.3, 0.4) is 0 Å². The third-order valence-electron chi connectivity index (χ3n) is 2.89. The molecule has 0 aromatic carbocycles. The smallest absolute Gasteiger partial charge is 0.107 e. The number of hydrogen-bond acceptors (Lipinski definition) is 4. The predicted molar refractivity (Wildman–Crippen MR) is 69.3 cm³/mol. The standard InChI is InChI=1S/C11H18ClN3S/c1-10-9-16-11(13-10)8-15-6-4-14(3-2-12)5-7-15/h9H,2-8H2,1H3. The Morgan fingerprint density at radius 1 is 1.31 bits per heavy atom. The number of alkyl halides is 1. The van der Waals surface area contributed by atoms with Gasteiger partial charge in [0.15, 0.2) is 0 Å². The first-order valence-corrected chi connectivity index (χ1v) is 7.11. The molecule has 1 fully saturated rings. The van der Waals surface area contributed by atoms with E-state index in [2.05, 4.69) is 27.1 Å². The van der Waals surface area contributed by atoms with Crippen molar-refractivity contribution in [2.24, 2.45) is 0 Å². The van der Waals surface area contributed by atoms with Crippen LogP contribution >= 0.6 is 22.9 Å². The summed E-state index contributed by atoms with van der Waals surface area (Å²) < 4.78 is 0. The zero-order valence-corrected chi connectivity index (χ0v) is 11.2. The van der Waals surface area contributed by atoms with Crippen LogP contribution in [0.2, 0.25) is 0 Å². The van der Waals surface area contributed by atoms with E-state index in [1.165, 1.54) is 5.01 Å². The van der Waals surface area contributed by atoms with Gasteiger partial charge in [-0.15, -0.1) is 22.9 Å². The van der Waals surface area contributed by atoms with Gasteiger partial charge in [-0.05, 0) is 6.92 Å². The average molecular weight is 260 g/mol. The summed E-state index contributed by atoms with van der Waals surface area (Å²) in [7, 11) is 0. The van der Waals surface area contributed by atoms with E-state index in [9.17, 15) is 0 Å². The summed E-state index contributed by atoms with van der Waals surface area (Å²) >= 11 is 7.51. The third kappa shape index (κ3) is 3.42. The normalized spacial score (nSPS) is 19.1. The van der Waals surface area contributed by atoms with Crippen LogP contribution in [0, 0.1) is 6.92 Å². The highest BCUT2D eigenvalue weighted by Crippen LogP contribution is 2.13. The first-order valence-electron chi connectivity index (χ1n) is 5.69. The van der Waals surface area contributed by atoms with E-state index in [0.717, 1.165) is 50.8 Å². The number of halogens is 1. The van der Waals surface area contributed by atoms with Gasteiger partial charge in [0, 0.05) is 49.7 Å². The number of nitrogens with zero attached hydrogens (tertiary/aromatic N) is 3. The number of rotatable bonds is 4. The van der Waals surface area contributed by atoms with Crippen LogP contribution in [0.1, 0.15) is 10.7 Å². The summed E-state index contributed by atoms with van der Waals surface area (Å²) in [6.07, 6.45) is 0. The maximum atomic E-state index is 5.74. The van der Waals surface area contributed by atoms with Gasteiger partial charge in [-0.3, -0.25) is 9.80 Å². The minimum absolute atomic E-state index is 0.742. The van der Waals surface area contributed by atoms with Gasteiger partial charge in [-0.1, -0.05) is 0 Å². The minimum atomic E-state index is 0.742. The second-order valence-corrected chi connectivity index (χ2v) is 5.51. The molecule has 0 aliphatic carbocycles. The molecule has 0 amide bonds. The quantitative estimate of drug-likeness (QED) is 0.769. The van der Waals surface area contributed by atoms with Gasteiger partial charge in [0.05, 0.1) is 6.54 Å². The largest absolute Gasteiger partial charge is 0.300 e. The van der Waals surface area contributed by atoms with Gasteiger partial charge < -0.3 is 0 Å². The zero-order chi connectivity index (χ0) is 11.4. The lowest BCUT2D eigenvalue weighted by molar-refractivity contribution is 0.132. The number of thiazole rings is 1. The van der Waals surface area contributed by atoms with Gasteiger partial charge in [0.2, 0.25) is 0 Å². The molecule has 0 bridgehead atoms. The van der Waals surface area contributed by atoms with Crippen molar-refractivity contribution in [1.82, 2.24) is 14.8 Å². The van der Waals surface area contributed by atoms with Crippen molar-refractivity contribution >= 4 is 22.9 Å². The fraction of sp³-hybridized carbons (Fsp3) is 0.727. The molecule has 0 saturated carbocycles. The Balaban J connectivity index is 1.77. The molecule has 3 nitrogen and oxygen atoms in total. The van der Waals surface area contributed by atoms with Crippen molar-refractivity contribution in [3.8, 4) is 0 Å². The van der Waals surface area contributed by atoms with Crippen LogP contribution in [-0.2, 0) is 6.54 Å². The summed E-state index contributed by atoms with van der Waals surface area (Å²) in [4.78, 5) is 9.40. The van der Waals surface area contributed by atoms with Crippen molar-refractivity contribution in [2.75, 3.05) is 38.6 Å². The number of piperazine rings is 1. The molecule has 90 valence electrons. The molecule has 5 heteroatoms. The molecule has 1 saturated heterocycles. The second kappa shape index (κ2) is 5.96.